The van der Waals surface area contributed by atoms with Gasteiger partial charge in [-0.1, -0.05) is 0 Å². The van der Waals surface area contributed by atoms with Gasteiger partial charge < -0.3 is 15.0 Å². The van der Waals surface area contributed by atoms with Crippen LogP contribution in [0.4, 0.5) is 18.9 Å². The third kappa shape index (κ3) is 4.42. The van der Waals surface area contributed by atoms with Crippen LogP contribution in [0.3, 0.4) is 0 Å². The highest BCUT2D eigenvalue weighted by atomic mass is 32.1. The Balaban J connectivity index is 1.38. The highest BCUT2D eigenvalue weighted by Crippen LogP contribution is 2.34. The summed E-state index contributed by atoms with van der Waals surface area (Å²) in [6.45, 7) is 0. The molecule has 4 rings (SSSR count). The number of rotatable bonds is 5. The highest BCUT2D eigenvalue weighted by molar-refractivity contribution is 7.18. The zero-order chi connectivity index (χ0) is 20.6. The number of nitrogens with zero attached hydrogens (tertiary/aromatic N) is 1. The van der Waals surface area contributed by atoms with Crippen LogP contribution in [0.1, 0.15) is 29.1 Å². The summed E-state index contributed by atoms with van der Waals surface area (Å²) in [4.78, 5) is 33.7. The number of aromatic amines is 1. The summed E-state index contributed by atoms with van der Waals surface area (Å²) < 4.78 is 40.3. The molecule has 152 valence electrons. The maximum absolute atomic E-state index is 12.4. The number of carbonyl (C=O) groups is 1. The molecule has 6 nitrogen and oxygen atoms in total. The van der Waals surface area contributed by atoms with E-state index in [1.54, 1.807) is 0 Å². The third-order valence-corrected chi connectivity index (χ3v) is 5.77. The lowest BCUT2D eigenvalue weighted by atomic mass is 10.2. The van der Waals surface area contributed by atoms with E-state index in [0.717, 1.165) is 37.0 Å². The van der Waals surface area contributed by atoms with Crippen molar-refractivity contribution in [1.82, 2.24) is 9.97 Å². The summed E-state index contributed by atoms with van der Waals surface area (Å²) in [7, 11) is 0. The van der Waals surface area contributed by atoms with Crippen LogP contribution in [0.2, 0.25) is 0 Å². The van der Waals surface area contributed by atoms with Crippen LogP contribution in [-0.2, 0) is 24.1 Å². The Bertz CT molecular complexity index is 1120. The summed E-state index contributed by atoms with van der Waals surface area (Å²) in [6.07, 6.45) is -1.52. The van der Waals surface area contributed by atoms with Crippen molar-refractivity contribution in [3.8, 4) is 5.75 Å². The Morgan fingerprint density at radius 1 is 1.24 bits per heavy atom. The van der Waals surface area contributed by atoms with Crippen molar-refractivity contribution in [3.63, 3.8) is 0 Å². The smallest absolute Gasteiger partial charge is 0.406 e. The van der Waals surface area contributed by atoms with E-state index in [1.165, 1.54) is 28.3 Å². The minimum Gasteiger partial charge on any atom is -0.406 e. The van der Waals surface area contributed by atoms with Gasteiger partial charge in [-0.2, -0.15) is 0 Å². The monoisotopic (exact) mass is 423 g/mol. The predicted octanol–water partition coefficient (Wildman–Crippen LogP) is 3.94. The molecule has 0 radical (unpaired) electrons. The predicted molar refractivity (Wildman–Crippen MR) is 102 cm³/mol. The van der Waals surface area contributed by atoms with Gasteiger partial charge in [0.15, 0.2) is 0 Å². The van der Waals surface area contributed by atoms with E-state index in [2.05, 4.69) is 20.0 Å². The van der Waals surface area contributed by atoms with Gasteiger partial charge in [-0.05, 0) is 49.1 Å². The summed E-state index contributed by atoms with van der Waals surface area (Å²) in [5.74, 6) is -0.272. The second kappa shape index (κ2) is 7.51. The molecule has 0 saturated heterocycles. The van der Waals surface area contributed by atoms with Gasteiger partial charge in [0.25, 0.3) is 5.56 Å². The Labute approximate surface area is 166 Å². The number of aryl methyl sites for hydroxylation is 3. The molecule has 2 N–H and O–H groups in total. The standard InChI is InChI=1S/C19H16F3N3O3S/c20-19(21,22)28-11-6-4-10(5-7-11)23-15(26)9-8-14-24-17(27)16-12-2-1-3-13(12)29-18(16)25-14/h4-7H,1-3,8-9H2,(H,23,26)(H,24,25,27). The molecule has 0 atom stereocenters. The zero-order valence-electron chi connectivity index (χ0n) is 15.1. The fourth-order valence-electron chi connectivity index (χ4n) is 3.36. The molecule has 0 unspecified atom stereocenters. The number of amides is 1. The van der Waals surface area contributed by atoms with Crippen molar-refractivity contribution >= 4 is 33.1 Å². The van der Waals surface area contributed by atoms with Crippen molar-refractivity contribution in [2.45, 2.75) is 38.5 Å². The number of fused-ring (bicyclic) bond motifs is 3. The number of benzene rings is 1. The first-order chi connectivity index (χ1) is 13.8. The summed E-state index contributed by atoms with van der Waals surface area (Å²) in [5, 5.41) is 3.26. The van der Waals surface area contributed by atoms with Gasteiger partial charge in [-0.15, -0.1) is 24.5 Å². The Morgan fingerprint density at radius 3 is 2.72 bits per heavy atom. The first kappa shape index (κ1) is 19.4. The van der Waals surface area contributed by atoms with E-state index in [1.807, 2.05) is 0 Å². The van der Waals surface area contributed by atoms with Crippen LogP contribution in [0.5, 0.6) is 5.75 Å². The zero-order valence-corrected chi connectivity index (χ0v) is 15.9. The molecule has 0 fully saturated rings. The molecular weight excluding hydrogens is 407 g/mol. The first-order valence-corrected chi connectivity index (χ1v) is 9.79. The largest absolute Gasteiger partial charge is 0.573 e. The molecule has 0 spiro atoms. The lowest BCUT2D eigenvalue weighted by Gasteiger charge is -2.10. The minimum atomic E-state index is -4.77. The summed E-state index contributed by atoms with van der Waals surface area (Å²) in [6, 6.07) is 4.87. The van der Waals surface area contributed by atoms with Gasteiger partial charge in [0.05, 0.1) is 5.39 Å². The quantitative estimate of drug-likeness (QED) is 0.651. The number of hydrogen-bond donors (Lipinski definition) is 2. The average molecular weight is 423 g/mol. The maximum atomic E-state index is 12.4. The molecule has 2 heterocycles. The van der Waals surface area contributed by atoms with Gasteiger partial charge in [-0.25, -0.2) is 4.98 Å². The fourth-order valence-corrected chi connectivity index (χ4v) is 4.64. The molecule has 0 aliphatic heterocycles. The van der Waals surface area contributed by atoms with Crippen molar-refractivity contribution < 1.29 is 22.7 Å². The summed E-state index contributed by atoms with van der Waals surface area (Å²) in [5.41, 5.74) is 1.27. The van der Waals surface area contributed by atoms with Gasteiger partial charge in [0, 0.05) is 23.4 Å². The number of carbonyl (C=O) groups excluding carboxylic acids is 1. The molecule has 0 saturated carbocycles. The molecule has 3 aromatic rings. The van der Waals surface area contributed by atoms with E-state index in [0.29, 0.717) is 21.7 Å². The van der Waals surface area contributed by atoms with Crippen LogP contribution >= 0.6 is 11.3 Å². The summed E-state index contributed by atoms with van der Waals surface area (Å²) >= 11 is 1.53. The molecule has 29 heavy (non-hydrogen) atoms. The average Bonchev–Trinajstić information content (AvgIpc) is 3.21. The molecule has 1 aromatic carbocycles. The number of halogens is 3. The van der Waals surface area contributed by atoms with E-state index < -0.39 is 6.36 Å². The molecule has 2 aromatic heterocycles. The van der Waals surface area contributed by atoms with Crippen LogP contribution in [0, 0.1) is 0 Å². The number of alkyl halides is 3. The minimum absolute atomic E-state index is 0.0698. The van der Waals surface area contributed by atoms with E-state index in [-0.39, 0.29) is 30.1 Å². The number of hydrogen-bond acceptors (Lipinski definition) is 5. The van der Waals surface area contributed by atoms with E-state index >= 15 is 0 Å². The van der Waals surface area contributed by atoms with Gasteiger partial charge in [-0.3, -0.25) is 9.59 Å². The first-order valence-electron chi connectivity index (χ1n) is 8.97. The van der Waals surface area contributed by atoms with Crippen molar-refractivity contribution in [2.75, 3.05) is 5.32 Å². The van der Waals surface area contributed by atoms with Crippen LogP contribution in [0.25, 0.3) is 10.2 Å². The third-order valence-electron chi connectivity index (χ3n) is 4.58. The highest BCUT2D eigenvalue weighted by Gasteiger charge is 2.31. The number of thiophene rings is 1. The maximum Gasteiger partial charge on any atom is 0.573 e. The number of ether oxygens (including phenoxy) is 1. The Kier molecular flexibility index (Phi) is 5.03. The number of aromatic nitrogens is 2. The van der Waals surface area contributed by atoms with Crippen LogP contribution in [-0.4, -0.2) is 22.2 Å². The Morgan fingerprint density at radius 2 is 2.00 bits per heavy atom. The molecule has 0 bridgehead atoms. The normalized spacial score (nSPS) is 13.5. The Hall–Kier alpha value is -2.88. The SMILES string of the molecule is O=C(CCc1nc2sc3c(c2c(=O)[nH]1)CCC3)Nc1ccc(OC(F)(F)F)cc1. The van der Waals surface area contributed by atoms with Gasteiger partial charge in [0.1, 0.15) is 16.4 Å². The van der Waals surface area contributed by atoms with E-state index in [9.17, 15) is 22.8 Å². The van der Waals surface area contributed by atoms with Crippen LogP contribution in [0.15, 0.2) is 29.1 Å². The number of nitrogens with one attached hydrogen (secondary N) is 2. The van der Waals surface area contributed by atoms with Gasteiger partial charge >= 0.3 is 6.36 Å². The van der Waals surface area contributed by atoms with Gasteiger partial charge in [0.2, 0.25) is 5.91 Å². The second-order valence-electron chi connectivity index (χ2n) is 6.67. The number of H-pyrrole nitrogens is 1. The molecule has 10 heteroatoms. The molecular formula is C19H16F3N3O3S. The fraction of sp³-hybridized carbons (Fsp3) is 0.316. The lowest BCUT2D eigenvalue weighted by Crippen LogP contribution is -2.17. The van der Waals surface area contributed by atoms with Crippen molar-refractivity contribution in [2.24, 2.45) is 0 Å². The second-order valence-corrected chi connectivity index (χ2v) is 7.75. The molecule has 1 amide bonds. The van der Waals surface area contributed by atoms with Crippen LogP contribution < -0.4 is 15.6 Å². The molecule has 1 aliphatic carbocycles. The van der Waals surface area contributed by atoms with E-state index in [4.69, 9.17) is 0 Å². The van der Waals surface area contributed by atoms with Crippen molar-refractivity contribution in [1.29, 1.82) is 0 Å². The number of anilines is 1. The topological polar surface area (TPSA) is 84.1 Å². The lowest BCUT2D eigenvalue weighted by molar-refractivity contribution is -0.274. The molecule has 1 aliphatic rings. The van der Waals surface area contributed by atoms with Crippen molar-refractivity contribution in [3.05, 3.63) is 50.9 Å².